The number of carbonyl (C=O) groups is 2. The van der Waals surface area contributed by atoms with Crippen LogP contribution in [0.2, 0.25) is 10.0 Å². The van der Waals surface area contributed by atoms with Crippen LogP contribution in [-0.2, 0) is 26.2 Å². The van der Waals surface area contributed by atoms with Gasteiger partial charge in [0.2, 0.25) is 11.8 Å². The molecule has 0 spiro atoms. The fourth-order valence-electron chi connectivity index (χ4n) is 5.13. The largest absolute Gasteiger partial charge is 0.497 e. The Morgan fingerprint density at radius 3 is 2.14 bits per heavy atom. The first-order valence-electron chi connectivity index (χ1n) is 14.3. The molecule has 3 aromatic carbocycles. The van der Waals surface area contributed by atoms with Crippen molar-refractivity contribution < 1.29 is 22.7 Å². The van der Waals surface area contributed by atoms with Crippen LogP contribution in [0.25, 0.3) is 0 Å². The maximum atomic E-state index is 14.1. The Kier molecular flexibility index (Phi) is 11.0. The quantitative estimate of drug-likeness (QED) is 0.261. The van der Waals surface area contributed by atoms with E-state index in [0.29, 0.717) is 5.75 Å². The molecule has 1 aliphatic rings. The number of methoxy groups -OCH3 is 1. The van der Waals surface area contributed by atoms with Crippen molar-refractivity contribution in [2.24, 2.45) is 0 Å². The first kappa shape index (κ1) is 32.6. The third kappa shape index (κ3) is 8.43. The standard InChI is InChI=1S/C32H37Cl2N3O5S/c1-22-9-15-30(16-10-22)43(40,41)37(28-18-25(33)17-26(34)19-28)21-31(38)36(20-24-11-13-29(42-3)14-12-24)23(2)32(39)35-27-7-5-4-6-8-27/h9-19,23,27H,4-8,20-21H2,1-3H3,(H,35,39)/t23-/m0/s1. The second kappa shape index (κ2) is 14.5. The lowest BCUT2D eigenvalue weighted by Crippen LogP contribution is -2.53. The average Bonchev–Trinajstić information content (AvgIpc) is 2.98. The third-order valence-corrected chi connectivity index (χ3v) is 9.88. The number of hydrogen-bond acceptors (Lipinski definition) is 5. The van der Waals surface area contributed by atoms with Crippen LogP contribution in [0.3, 0.4) is 0 Å². The first-order chi connectivity index (χ1) is 20.5. The number of anilines is 1. The lowest BCUT2D eigenvalue weighted by molar-refractivity contribution is -0.139. The fourth-order valence-corrected chi connectivity index (χ4v) is 7.04. The number of amides is 2. The van der Waals surface area contributed by atoms with Crippen LogP contribution in [0.1, 0.15) is 50.2 Å². The van der Waals surface area contributed by atoms with Crippen LogP contribution in [0.4, 0.5) is 5.69 Å². The van der Waals surface area contributed by atoms with Gasteiger partial charge in [-0.2, -0.15) is 0 Å². The van der Waals surface area contributed by atoms with Crippen molar-refractivity contribution in [2.45, 2.75) is 69.5 Å². The summed E-state index contributed by atoms with van der Waals surface area (Å²) in [6.45, 7) is 3.01. The third-order valence-electron chi connectivity index (χ3n) is 7.65. The molecule has 43 heavy (non-hydrogen) atoms. The summed E-state index contributed by atoms with van der Waals surface area (Å²) < 4.78 is 34.2. The van der Waals surface area contributed by atoms with Gasteiger partial charge in [-0.05, 0) is 74.7 Å². The number of aryl methyl sites for hydroxylation is 1. The Bertz CT molecular complexity index is 1510. The molecular formula is C32H37Cl2N3O5S. The predicted molar refractivity (Wildman–Crippen MR) is 170 cm³/mol. The fraction of sp³-hybridized carbons (Fsp3) is 0.375. The van der Waals surface area contributed by atoms with Gasteiger partial charge in [-0.25, -0.2) is 8.42 Å². The van der Waals surface area contributed by atoms with E-state index in [9.17, 15) is 18.0 Å². The summed E-state index contributed by atoms with van der Waals surface area (Å²) in [5, 5.41) is 3.53. The summed E-state index contributed by atoms with van der Waals surface area (Å²) >= 11 is 12.5. The van der Waals surface area contributed by atoms with Gasteiger partial charge in [0.25, 0.3) is 10.0 Å². The highest BCUT2D eigenvalue weighted by Gasteiger charge is 2.33. The summed E-state index contributed by atoms with van der Waals surface area (Å²) in [6, 6.07) is 17.1. The van der Waals surface area contributed by atoms with Crippen molar-refractivity contribution in [1.82, 2.24) is 10.2 Å². The van der Waals surface area contributed by atoms with Gasteiger partial charge in [-0.15, -0.1) is 0 Å². The van der Waals surface area contributed by atoms with Crippen molar-refractivity contribution in [2.75, 3.05) is 18.0 Å². The van der Waals surface area contributed by atoms with Crippen molar-refractivity contribution in [1.29, 1.82) is 0 Å². The molecule has 1 atom stereocenters. The smallest absolute Gasteiger partial charge is 0.264 e. The molecule has 0 unspecified atom stereocenters. The van der Waals surface area contributed by atoms with E-state index in [1.807, 2.05) is 19.1 Å². The molecule has 3 aromatic rings. The van der Waals surface area contributed by atoms with Gasteiger partial charge in [0.1, 0.15) is 18.3 Å². The van der Waals surface area contributed by atoms with Crippen LogP contribution >= 0.6 is 23.2 Å². The number of nitrogens with zero attached hydrogens (tertiary/aromatic N) is 2. The number of rotatable bonds is 11. The predicted octanol–water partition coefficient (Wildman–Crippen LogP) is 6.37. The normalized spacial score (nSPS) is 14.5. The Labute approximate surface area is 264 Å². The molecule has 1 aliphatic carbocycles. The van der Waals surface area contributed by atoms with E-state index >= 15 is 0 Å². The van der Waals surface area contributed by atoms with E-state index in [-0.39, 0.29) is 39.1 Å². The van der Waals surface area contributed by atoms with E-state index in [1.54, 1.807) is 38.3 Å². The van der Waals surface area contributed by atoms with Crippen molar-refractivity contribution in [3.63, 3.8) is 0 Å². The van der Waals surface area contributed by atoms with E-state index in [4.69, 9.17) is 27.9 Å². The molecule has 2 amide bonds. The summed E-state index contributed by atoms with van der Waals surface area (Å²) in [4.78, 5) is 29.0. The number of benzene rings is 3. The highest BCUT2D eigenvalue weighted by atomic mass is 35.5. The number of hydrogen-bond donors (Lipinski definition) is 1. The second-order valence-electron chi connectivity index (χ2n) is 10.8. The summed E-state index contributed by atoms with van der Waals surface area (Å²) in [6.07, 6.45) is 5.01. The van der Waals surface area contributed by atoms with Crippen LogP contribution in [0.5, 0.6) is 5.75 Å². The zero-order valence-electron chi connectivity index (χ0n) is 24.6. The highest BCUT2D eigenvalue weighted by Crippen LogP contribution is 2.30. The zero-order valence-corrected chi connectivity index (χ0v) is 26.9. The molecular weight excluding hydrogens is 609 g/mol. The Hall–Kier alpha value is -3.27. The highest BCUT2D eigenvalue weighted by molar-refractivity contribution is 7.92. The van der Waals surface area contributed by atoms with Gasteiger partial charge >= 0.3 is 0 Å². The van der Waals surface area contributed by atoms with Gasteiger partial charge in [-0.3, -0.25) is 13.9 Å². The van der Waals surface area contributed by atoms with Gasteiger partial charge in [0.05, 0.1) is 17.7 Å². The van der Waals surface area contributed by atoms with Crippen LogP contribution in [-0.4, -0.2) is 50.9 Å². The summed E-state index contributed by atoms with van der Waals surface area (Å²) in [5.74, 6) is -0.195. The van der Waals surface area contributed by atoms with Crippen molar-refractivity contribution in [3.05, 3.63) is 87.9 Å². The summed E-state index contributed by atoms with van der Waals surface area (Å²) in [5.41, 5.74) is 1.77. The molecule has 8 nitrogen and oxygen atoms in total. The lowest BCUT2D eigenvalue weighted by Gasteiger charge is -2.33. The van der Waals surface area contributed by atoms with Gasteiger partial charge in [-0.1, -0.05) is 72.3 Å². The second-order valence-corrected chi connectivity index (χ2v) is 13.6. The van der Waals surface area contributed by atoms with Crippen LogP contribution < -0.4 is 14.4 Å². The number of ether oxygens (including phenoxy) is 1. The molecule has 1 saturated carbocycles. The minimum Gasteiger partial charge on any atom is -0.497 e. The minimum absolute atomic E-state index is 0.00629. The number of nitrogens with one attached hydrogen (secondary N) is 1. The topological polar surface area (TPSA) is 96.0 Å². The Balaban J connectivity index is 1.70. The van der Waals surface area contributed by atoms with Gasteiger partial charge < -0.3 is 15.0 Å². The molecule has 11 heteroatoms. The number of carbonyl (C=O) groups excluding carboxylic acids is 2. The molecule has 4 rings (SSSR count). The Morgan fingerprint density at radius 2 is 1.56 bits per heavy atom. The maximum Gasteiger partial charge on any atom is 0.264 e. The van der Waals surface area contributed by atoms with E-state index in [2.05, 4.69) is 5.32 Å². The summed E-state index contributed by atoms with van der Waals surface area (Å²) in [7, 11) is -2.67. The monoisotopic (exact) mass is 645 g/mol. The van der Waals surface area contributed by atoms with Crippen LogP contribution in [0.15, 0.2) is 71.6 Å². The maximum absolute atomic E-state index is 14.1. The molecule has 1 N–H and O–H groups in total. The van der Waals surface area contributed by atoms with Gasteiger partial charge in [0.15, 0.2) is 0 Å². The van der Waals surface area contributed by atoms with E-state index < -0.39 is 28.5 Å². The molecule has 230 valence electrons. The molecule has 0 bridgehead atoms. The van der Waals surface area contributed by atoms with E-state index in [0.717, 1.165) is 47.5 Å². The van der Waals surface area contributed by atoms with Crippen molar-refractivity contribution in [3.8, 4) is 5.75 Å². The Morgan fingerprint density at radius 1 is 0.953 bits per heavy atom. The number of halogens is 2. The first-order valence-corrected chi connectivity index (χ1v) is 16.5. The van der Waals surface area contributed by atoms with Crippen LogP contribution in [0, 0.1) is 6.92 Å². The average molecular weight is 647 g/mol. The van der Waals surface area contributed by atoms with Crippen molar-refractivity contribution >= 4 is 50.7 Å². The lowest BCUT2D eigenvalue weighted by atomic mass is 9.95. The molecule has 0 saturated heterocycles. The van der Waals surface area contributed by atoms with Gasteiger partial charge in [0, 0.05) is 22.6 Å². The molecule has 0 radical (unpaired) electrons. The molecule has 1 fully saturated rings. The van der Waals surface area contributed by atoms with E-state index in [1.165, 1.54) is 35.2 Å². The minimum atomic E-state index is -4.23. The molecule has 0 heterocycles. The molecule has 0 aliphatic heterocycles. The number of sulfonamides is 1. The SMILES string of the molecule is COc1ccc(CN(C(=O)CN(c2cc(Cl)cc(Cl)c2)S(=O)(=O)c2ccc(C)cc2)[C@@H](C)C(=O)NC2CCCCC2)cc1. The molecule has 0 aromatic heterocycles. The zero-order chi connectivity index (χ0) is 31.1.